The molecule has 2 rings (SSSR count). The second kappa shape index (κ2) is 3.84. The van der Waals surface area contributed by atoms with Gasteiger partial charge >= 0.3 is 0 Å². The van der Waals surface area contributed by atoms with Crippen molar-refractivity contribution in [2.24, 2.45) is 0 Å². The molecule has 0 saturated carbocycles. The molecule has 0 radical (unpaired) electrons. The molecule has 5 heteroatoms. The van der Waals surface area contributed by atoms with Crippen LogP contribution >= 0.6 is 0 Å². The van der Waals surface area contributed by atoms with Crippen molar-refractivity contribution in [1.82, 2.24) is 0 Å². The fourth-order valence-electron chi connectivity index (χ4n) is 1.60. The van der Waals surface area contributed by atoms with Crippen LogP contribution in [0.25, 0.3) is 10.9 Å². The molecule has 1 aromatic carbocycles. The molecule has 0 saturated heterocycles. The highest BCUT2D eigenvalue weighted by Crippen LogP contribution is 2.34. The lowest BCUT2D eigenvalue weighted by molar-refractivity contribution is -0.884. The number of aromatic nitrogens is 1. The van der Waals surface area contributed by atoms with E-state index in [1.807, 2.05) is 0 Å². The third-order valence-electron chi connectivity index (χ3n) is 2.36. The SMILES string of the molecule is COc1cc2c(ccc[n+]2O)c(F)c1OC. The molecule has 1 heterocycles. The second-order valence-corrected chi connectivity index (χ2v) is 3.21. The predicted octanol–water partition coefficient (Wildman–Crippen LogP) is 1.52. The van der Waals surface area contributed by atoms with Crippen LogP contribution in [0.1, 0.15) is 0 Å². The minimum atomic E-state index is -0.555. The molecule has 0 unspecified atom stereocenters. The van der Waals surface area contributed by atoms with Gasteiger partial charge in [0.15, 0.2) is 17.3 Å². The first-order chi connectivity index (χ1) is 7.69. The highest BCUT2D eigenvalue weighted by atomic mass is 19.1. The standard InChI is InChI=1S/C11H11FNO3/c1-15-9-6-8-7(4-3-5-13(8)14)10(12)11(9)16-2/h3-6,14H,1-2H3/q+1. The van der Waals surface area contributed by atoms with E-state index < -0.39 is 5.82 Å². The molecule has 2 aromatic rings. The fourth-order valence-corrected chi connectivity index (χ4v) is 1.60. The number of hydrogen-bond donors (Lipinski definition) is 1. The smallest absolute Gasteiger partial charge is 0.271 e. The molecule has 0 fully saturated rings. The number of ether oxygens (including phenoxy) is 2. The topological polar surface area (TPSA) is 42.6 Å². The fraction of sp³-hybridized carbons (Fsp3) is 0.182. The maximum absolute atomic E-state index is 14.0. The molecule has 1 aromatic heterocycles. The van der Waals surface area contributed by atoms with Crippen LogP contribution in [0, 0.1) is 5.82 Å². The van der Waals surface area contributed by atoms with Gasteiger partial charge in [-0.3, -0.25) is 5.21 Å². The summed E-state index contributed by atoms with van der Waals surface area (Å²) in [4.78, 5) is 0. The van der Waals surface area contributed by atoms with Crippen LogP contribution in [0.15, 0.2) is 24.4 Å². The summed E-state index contributed by atoms with van der Waals surface area (Å²) in [6.07, 6.45) is 1.41. The first-order valence-corrected chi connectivity index (χ1v) is 4.63. The Bertz CT molecular complexity index is 542. The predicted molar refractivity (Wildman–Crippen MR) is 54.4 cm³/mol. The number of hydrogen-bond acceptors (Lipinski definition) is 3. The van der Waals surface area contributed by atoms with Crippen LogP contribution in [0.4, 0.5) is 4.39 Å². The van der Waals surface area contributed by atoms with Gasteiger partial charge in [0, 0.05) is 10.8 Å². The summed E-state index contributed by atoms with van der Waals surface area (Å²) in [6.45, 7) is 0. The molecular formula is C11H11FNO3+. The second-order valence-electron chi connectivity index (χ2n) is 3.21. The molecule has 84 valence electrons. The molecule has 16 heavy (non-hydrogen) atoms. The Morgan fingerprint density at radius 1 is 1.31 bits per heavy atom. The zero-order chi connectivity index (χ0) is 11.7. The van der Waals surface area contributed by atoms with E-state index in [9.17, 15) is 9.60 Å². The minimum absolute atomic E-state index is 0.0289. The summed E-state index contributed by atoms with van der Waals surface area (Å²) >= 11 is 0. The van der Waals surface area contributed by atoms with Crippen LogP contribution in [-0.4, -0.2) is 19.4 Å². The highest BCUT2D eigenvalue weighted by molar-refractivity contribution is 5.80. The van der Waals surface area contributed by atoms with Gasteiger partial charge in [0.05, 0.1) is 25.7 Å². The van der Waals surface area contributed by atoms with Gasteiger partial charge in [-0.1, -0.05) is 0 Å². The van der Waals surface area contributed by atoms with Gasteiger partial charge in [-0.25, -0.2) is 4.39 Å². The van der Waals surface area contributed by atoms with Crippen LogP contribution in [0.2, 0.25) is 0 Å². The van der Waals surface area contributed by atoms with Crippen molar-refractivity contribution in [3.63, 3.8) is 0 Å². The molecule has 0 amide bonds. The molecule has 0 aliphatic carbocycles. The highest BCUT2D eigenvalue weighted by Gasteiger charge is 2.20. The van der Waals surface area contributed by atoms with Crippen LogP contribution < -0.4 is 14.2 Å². The molecule has 1 N–H and O–H groups in total. The Labute approximate surface area is 91.4 Å². The minimum Gasteiger partial charge on any atom is -0.492 e. The maximum Gasteiger partial charge on any atom is 0.271 e. The van der Waals surface area contributed by atoms with E-state index in [2.05, 4.69) is 0 Å². The molecule has 0 aliphatic rings. The van der Waals surface area contributed by atoms with E-state index in [1.54, 1.807) is 6.07 Å². The van der Waals surface area contributed by atoms with E-state index >= 15 is 0 Å². The third-order valence-corrected chi connectivity index (χ3v) is 2.36. The summed E-state index contributed by atoms with van der Waals surface area (Å²) in [5.41, 5.74) is 0.317. The number of pyridine rings is 1. The lowest BCUT2D eigenvalue weighted by Gasteiger charge is -2.08. The van der Waals surface area contributed by atoms with E-state index in [4.69, 9.17) is 9.47 Å². The Morgan fingerprint density at radius 2 is 2.06 bits per heavy atom. The normalized spacial score (nSPS) is 10.4. The van der Waals surface area contributed by atoms with Gasteiger partial charge in [-0.15, -0.1) is 0 Å². The average molecular weight is 224 g/mol. The van der Waals surface area contributed by atoms with Gasteiger partial charge in [0.25, 0.3) is 5.52 Å². The zero-order valence-corrected chi connectivity index (χ0v) is 8.90. The number of methoxy groups -OCH3 is 2. The number of halogens is 1. The number of rotatable bonds is 2. The largest absolute Gasteiger partial charge is 0.492 e. The van der Waals surface area contributed by atoms with Gasteiger partial charge < -0.3 is 9.47 Å². The monoisotopic (exact) mass is 224 g/mol. The lowest BCUT2D eigenvalue weighted by atomic mass is 10.2. The average Bonchev–Trinajstić information content (AvgIpc) is 2.30. The van der Waals surface area contributed by atoms with Gasteiger partial charge in [0.1, 0.15) is 0 Å². The summed E-state index contributed by atoms with van der Waals surface area (Å²) in [6, 6.07) is 4.61. The number of fused-ring (bicyclic) bond motifs is 1. The van der Waals surface area contributed by atoms with Crippen molar-refractivity contribution in [2.45, 2.75) is 0 Å². The molecule has 0 bridgehead atoms. The van der Waals surface area contributed by atoms with Gasteiger partial charge in [-0.2, -0.15) is 0 Å². The van der Waals surface area contributed by atoms with Crippen molar-refractivity contribution < 1.29 is 23.8 Å². The van der Waals surface area contributed by atoms with Crippen LogP contribution in [0.3, 0.4) is 0 Å². The lowest BCUT2D eigenvalue weighted by Crippen LogP contribution is -2.30. The Morgan fingerprint density at radius 3 is 2.69 bits per heavy atom. The maximum atomic E-state index is 14.0. The van der Waals surface area contributed by atoms with E-state index in [0.717, 1.165) is 4.73 Å². The molecule has 0 aliphatic heterocycles. The van der Waals surface area contributed by atoms with Gasteiger partial charge in [-0.05, 0) is 6.07 Å². The Kier molecular flexibility index (Phi) is 2.52. The quantitative estimate of drug-likeness (QED) is 0.621. The van der Waals surface area contributed by atoms with E-state index in [1.165, 1.54) is 32.5 Å². The van der Waals surface area contributed by atoms with E-state index in [-0.39, 0.29) is 16.9 Å². The zero-order valence-electron chi connectivity index (χ0n) is 8.90. The van der Waals surface area contributed by atoms with Gasteiger partial charge in [0.2, 0.25) is 6.20 Å². The molecule has 4 nitrogen and oxygen atoms in total. The summed E-state index contributed by atoms with van der Waals surface area (Å²) < 4.78 is 24.7. The number of nitrogens with zero attached hydrogens (tertiary/aromatic N) is 1. The summed E-state index contributed by atoms with van der Waals surface area (Å²) in [7, 11) is 2.77. The van der Waals surface area contributed by atoms with Crippen molar-refractivity contribution in [3.8, 4) is 11.5 Å². The first-order valence-electron chi connectivity index (χ1n) is 4.63. The van der Waals surface area contributed by atoms with Crippen molar-refractivity contribution in [2.75, 3.05) is 14.2 Å². The molecule has 0 spiro atoms. The van der Waals surface area contributed by atoms with Crippen molar-refractivity contribution in [3.05, 3.63) is 30.2 Å². The summed E-state index contributed by atoms with van der Waals surface area (Å²) in [5, 5.41) is 9.80. The van der Waals surface area contributed by atoms with Crippen LogP contribution in [0.5, 0.6) is 11.5 Å². The van der Waals surface area contributed by atoms with E-state index in [0.29, 0.717) is 5.52 Å². The van der Waals surface area contributed by atoms with Crippen LogP contribution in [-0.2, 0) is 0 Å². The Balaban J connectivity index is 2.87. The first kappa shape index (κ1) is 10.5. The Hall–Kier alpha value is -2.04. The number of benzene rings is 1. The molecule has 0 atom stereocenters. The summed E-state index contributed by atoms with van der Waals surface area (Å²) in [5.74, 6) is -0.289. The van der Waals surface area contributed by atoms with Crippen molar-refractivity contribution in [1.29, 1.82) is 0 Å². The van der Waals surface area contributed by atoms with Crippen molar-refractivity contribution >= 4 is 10.9 Å². The third kappa shape index (κ3) is 1.41. The molecular weight excluding hydrogens is 213 g/mol.